The molecule has 19 nitrogen and oxygen atoms in total. The van der Waals surface area contributed by atoms with Crippen molar-refractivity contribution in [2.75, 3.05) is 19.8 Å². The summed E-state index contributed by atoms with van der Waals surface area (Å²) in [5, 5.41) is 113. The van der Waals surface area contributed by atoms with E-state index in [1.54, 1.807) is 0 Å². The van der Waals surface area contributed by atoms with Crippen molar-refractivity contribution in [1.82, 2.24) is 0 Å². The number of phenolic OH excluding ortho intramolecular Hbond substituents is 4. The van der Waals surface area contributed by atoms with Gasteiger partial charge in [0.15, 0.2) is 41.9 Å². The summed E-state index contributed by atoms with van der Waals surface area (Å²) in [6, 6.07) is 7.90. The van der Waals surface area contributed by atoms with Crippen molar-refractivity contribution in [2.24, 2.45) is 0 Å². The largest absolute Gasteiger partial charge is 0.504 e. The molecule has 0 spiro atoms. The van der Waals surface area contributed by atoms with E-state index in [2.05, 4.69) is 0 Å². The molecule has 53 heavy (non-hydrogen) atoms. The zero-order valence-electron chi connectivity index (χ0n) is 28.2. The van der Waals surface area contributed by atoms with Crippen molar-refractivity contribution in [2.45, 2.75) is 99.4 Å². The molecule has 0 saturated carbocycles. The van der Waals surface area contributed by atoms with Gasteiger partial charge in [0, 0.05) is 6.08 Å². The number of aromatic hydroxyl groups is 4. The standard InChI is InChI=1S/C34H44O19/c1-14-24(41)27(44)29(46)33(50-14)52-30-26(43)22(13-48-23(40)7-4-15-2-5-17(35)19(37)10-15)51-34(47-9-8-16-3-6-18(36)20(38)11-16)31(30)53-32-28(45)25(42)21(39)12-49-32/h2-7,10-11,14,21-22,24-39,41-46H,8-9,12-13H2,1H3. The molecule has 11 N–H and O–H groups in total. The number of aliphatic hydroxyl groups is 7. The van der Waals surface area contributed by atoms with Gasteiger partial charge < -0.3 is 89.3 Å². The summed E-state index contributed by atoms with van der Waals surface area (Å²) < 4.78 is 40.2. The number of hydrogen-bond donors (Lipinski definition) is 11. The van der Waals surface area contributed by atoms with Gasteiger partial charge in [0.05, 0.1) is 19.3 Å². The third-order valence-corrected chi connectivity index (χ3v) is 8.98. The van der Waals surface area contributed by atoms with Crippen LogP contribution in [0.4, 0.5) is 0 Å². The predicted molar refractivity (Wildman–Crippen MR) is 174 cm³/mol. The van der Waals surface area contributed by atoms with Gasteiger partial charge in [-0.1, -0.05) is 12.1 Å². The van der Waals surface area contributed by atoms with Crippen LogP contribution in [0.3, 0.4) is 0 Å². The van der Waals surface area contributed by atoms with E-state index in [1.165, 1.54) is 49.4 Å². The van der Waals surface area contributed by atoms with Crippen LogP contribution >= 0.6 is 0 Å². The second-order valence-corrected chi connectivity index (χ2v) is 12.8. The summed E-state index contributed by atoms with van der Waals surface area (Å²) in [7, 11) is 0. The SMILES string of the molecule is CC1OC(OC2C(O)C(COC(=O)C=Cc3ccc(O)c(O)c3)OC(OCCc3ccc(O)c(O)c3)C2OC2OCC(O)C(O)C2O)C(O)C(O)C1O. The summed E-state index contributed by atoms with van der Waals surface area (Å²) in [4.78, 5) is 12.7. The van der Waals surface area contributed by atoms with Crippen LogP contribution in [-0.2, 0) is 44.4 Å². The molecule has 294 valence electrons. The maximum atomic E-state index is 12.7. The van der Waals surface area contributed by atoms with E-state index < -0.39 is 111 Å². The Morgan fingerprint density at radius 2 is 1.40 bits per heavy atom. The minimum Gasteiger partial charge on any atom is -0.504 e. The summed E-state index contributed by atoms with van der Waals surface area (Å²) in [6.07, 6.45) is -20.2. The van der Waals surface area contributed by atoms with Gasteiger partial charge in [0.2, 0.25) is 0 Å². The Bertz CT molecular complexity index is 1560. The van der Waals surface area contributed by atoms with Gasteiger partial charge in [0.25, 0.3) is 0 Å². The average molecular weight is 757 g/mol. The molecule has 2 aromatic rings. The van der Waals surface area contributed by atoms with Gasteiger partial charge >= 0.3 is 5.97 Å². The molecular formula is C34H44O19. The zero-order chi connectivity index (χ0) is 38.6. The second kappa shape index (κ2) is 17.6. The molecule has 0 aliphatic carbocycles. The summed E-state index contributed by atoms with van der Waals surface area (Å²) >= 11 is 0. The number of benzene rings is 2. The first-order chi connectivity index (χ1) is 25.1. The number of carbonyl (C=O) groups excluding carboxylic acids is 1. The number of carbonyl (C=O) groups is 1. The van der Waals surface area contributed by atoms with Gasteiger partial charge in [-0.15, -0.1) is 0 Å². The fourth-order valence-electron chi connectivity index (χ4n) is 5.84. The van der Waals surface area contributed by atoms with E-state index in [0.717, 1.165) is 6.08 Å². The molecule has 3 fully saturated rings. The Balaban J connectivity index is 1.40. The molecule has 14 atom stereocenters. The topological polar surface area (TPSA) is 304 Å². The molecule has 0 bridgehead atoms. The third kappa shape index (κ3) is 9.72. The normalized spacial score (nSPS) is 36.4. The molecule has 0 radical (unpaired) electrons. The van der Waals surface area contributed by atoms with Crippen LogP contribution in [0.15, 0.2) is 42.5 Å². The van der Waals surface area contributed by atoms with Crippen molar-refractivity contribution in [3.63, 3.8) is 0 Å². The van der Waals surface area contributed by atoms with Crippen LogP contribution in [0, 0.1) is 0 Å². The Kier molecular flexibility index (Phi) is 13.5. The highest BCUT2D eigenvalue weighted by molar-refractivity contribution is 5.87. The lowest BCUT2D eigenvalue weighted by Gasteiger charge is -2.48. The molecule has 0 amide bonds. The van der Waals surface area contributed by atoms with Crippen molar-refractivity contribution in [3.8, 4) is 23.0 Å². The summed E-state index contributed by atoms with van der Waals surface area (Å²) in [6.45, 7) is 0.114. The van der Waals surface area contributed by atoms with Gasteiger partial charge in [0.1, 0.15) is 67.6 Å². The number of aliphatic hydroxyl groups excluding tert-OH is 7. The Morgan fingerprint density at radius 3 is 2.09 bits per heavy atom. The fraction of sp³-hybridized carbons (Fsp3) is 0.559. The molecule has 19 heteroatoms. The third-order valence-electron chi connectivity index (χ3n) is 8.98. The van der Waals surface area contributed by atoms with Crippen LogP contribution in [0.5, 0.6) is 23.0 Å². The number of hydrogen-bond acceptors (Lipinski definition) is 19. The van der Waals surface area contributed by atoms with Crippen molar-refractivity contribution in [3.05, 3.63) is 53.6 Å². The van der Waals surface area contributed by atoms with Crippen LogP contribution in [-0.4, -0.2) is 168 Å². The van der Waals surface area contributed by atoms with Gasteiger partial charge in [-0.3, -0.25) is 0 Å². The molecule has 5 rings (SSSR count). The van der Waals surface area contributed by atoms with E-state index >= 15 is 0 Å². The molecule has 0 aromatic heterocycles. The first-order valence-electron chi connectivity index (χ1n) is 16.6. The number of phenols is 4. The van der Waals surface area contributed by atoms with Gasteiger partial charge in [-0.05, 0) is 54.8 Å². The molecule has 2 aromatic carbocycles. The first kappa shape index (κ1) is 40.5. The van der Waals surface area contributed by atoms with E-state index in [0.29, 0.717) is 11.1 Å². The van der Waals surface area contributed by atoms with E-state index in [4.69, 9.17) is 33.2 Å². The lowest BCUT2D eigenvalue weighted by atomic mass is 9.96. The van der Waals surface area contributed by atoms with Gasteiger partial charge in [-0.25, -0.2) is 4.79 Å². The predicted octanol–water partition coefficient (Wildman–Crippen LogP) is -2.55. The lowest BCUT2D eigenvalue weighted by molar-refractivity contribution is -0.385. The highest BCUT2D eigenvalue weighted by atomic mass is 16.8. The molecule has 14 unspecified atom stereocenters. The maximum absolute atomic E-state index is 12.7. The van der Waals surface area contributed by atoms with Gasteiger partial charge in [-0.2, -0.15) is 0 Å². The van der Waals surface area contributed by atoms with Crippen LogP contribution < -0.4 is 0 Å². The average Bonchev–Trinajstić information content (AvgIpc) is 3.13. The highest BCUT2D eigenvalue weighted by Gasteiger charge is 2.53. The molecule has 3 heterocycles. The number of esters is 1. The fourth-order valence-corrected chi connectivity index (χ4v) is 5.84. The molecule has 3 aliphatic rings. The van der Waals surface area contributed by atoms with Crippen molar-refractivity contribution in [1.29, 1.82) is 0 Å². The van der Waals surface area contributed by atoms with E-state index in [1.807, 2.05) is 0 Å². The Labute approximate surface area is 302 Å². The maximum Gasteiger partial charge on any atom is 0.330 e. The highest BCUT2D eigenvalue weighted by Crippen LogP contribution is 2.34. The summed E-state index contributed by atoms with van der Waals surface area (Å²) in [5.41, 5.74) is 0.858. The monoisotopic (exact) mass is 756 g/mol. The zero-order valence-corrected chi connectivity index (χ0v) is 28.2. The molecule has 3 aliphatic heterocycles. The van der Waals surface area contributed by atoms with Crippen LogP contribution in [0.1, 0.15) is 18.1 Å². The molecular weight excluding hydrogens is 712 g/mol. The lowest BCUT2D eigenvalue weighted by Crippen LogP contribution is -2.66. The number of rotatable bonds is 12. The smallest absolute Gasteiger partial charge is 0.330 e. The van der Waals surface area contributed by atoms with Crippen molar-refractivity contribution < 1.29 is 94.1 Å². The number of ether oxygens (including phenoxy) is 7. The second-order valence-electron chi connectivity index (χ2n) is 12.8. The quantitative estimate of drug-likeness (QED) is 0.0603. The summed E-state index contributed by atoms with van der Waals surface area (Å²) in [5.74, 6) is -2.44. The molecule has 3 saturated heterocycles. The van der Waals surface area contributed by atoms with Crippen molar-refractivity contribution >= 4 is 12.0 Å². The Morgan fingerprint density at radius 1 is 0.736 bits per heavy atom. The Hall–Kier alpha value is -3.67. The minimum absolute atomic E-state index is 0.116. The minimum atomic E-state index is -1.85. The van der Waals surface area contributed by atoms with Crippen LogP contribution in [0.25, 0.3) is 6.08 Å². The first-order valence-corrected chi connectivity index (χ1v) is 16.6. The van der Waals surface area contributed by atoms with Crippen LogP contribution in [0.2, 0.25) is 0 Å². The van der Waals surface area contributed by atoms with E-state index in [9.17, 15) is 61.0 Å². The van der Waals surface area contributed by atoms with E-state index in [-0.39, 0.29) is 30.3 Å².